The fourth-order valence-corrected chi connectivity index (χ4v) is 4.48. The number of likely N-dealkylation sites (tertiary alicyclic amines) is 2. The molecular formula is C19H26N2O2. The molecule has 0 aromatic heterocycles. The summed E-state index contributed by atoms with van der Waals surface area (Å²) in [7, 11) is 0. The van der Waals surface area contributed by atoms with E-state index in [4.69, 9.17) is 4.74 Å². The van der Waals surface area contributed by atoms with Gasteiger partial charge in [-0.15, -0.1) is 0 Å². The topological polar surface area (TPSA) is 32.8 Å². The van der Waals surface area contributed by atoms with Crippen LogP contribution in [0.2, 0.25) is 0 Å². The van der Waals surface area contributed by atoms with Crippen LogP contribution in [0.15, 0.2) is 24.3 Å². The van der Waals surface area contributed by atoms with Gasteiger partial charge in [0.2, 0.25) is 5.91 Å². The van der Waals surface area contributed by atoms with Crippen LogP contribution >= 0.6 is 0 Å². The first-order valence-corrected chi connectivity index (χ1v) is 8.83. The third kappa shape index (κ3) is 2.79. The van der Waals surface area contributed by atoms with E-state index in [1.165, 1.54) is 11.1 Å². The molecule has 3 heterocycles. The highest BCUT2D eigenvalue weighted by molar-refractivity contribution is 5.85. The first-order valence-electron chi connectivity index (χ1n) is 8.83. The average Bonchev–Trinajstić information content (AvgIpc) is 3.25. The molecule has 0 unspecified atom stereocenters. The fraction of sp³-hybridized carbons (Fsp3) is 0.632. The molecule has 1 aromatic rings. The maximum atomic E-state index is 13.0. The van der Waals surface area contributed by atoms with Gasteiger partial charge in [0, 0.05) is 32.3 Å². The van der Waals surface area contributed by atoms with E-state index in [2.05, 4.69) is 41.0 Å². The van der Waals surface area contributed by atoms with E-state index in [9.17, 15) is 4.79 Å². The number of hydrogen-bond donors (Lipinski definition) is 0. The van der Waals surface area contributed by atoms with Crippen molar-refractivity contribution in [2.24, 2.45) is 5.41 Å². The molecule has 1 aromatic carbocycles. The number of benzene rings is 1. The summed E-state index contributed by atoms with van der Waals surface area (Å²) >= 11 is 0. The maximum absolute atomic E-state index is 13.0. The Balaban J connectivity index is 1.43. The fourth-order valence-electron chi connectivity index (χ4n) is 4.48. The van der Waals surface area contributed by atoms with Gasteiger partial charge in [0.25, 0.3) is 0 Å². The summed E-state index contributed by atoms with van der Waals surface area (Å²) in [4.78, 5) is 17.6. The smallest absolute Gasteiger partial charge is 0.230 e. The summed E-state index contributed by atoms with van der Waals surface area (Å²) in [5.74, 6) is 0.375. The molecule has 3 saturated heterocycles. The van der Waals surface area contributed by atoms with Gasteiger partial charge in [-0.25, -0.2) is 0 Å². The van der Waals surface area contributed by atoms with Crippen molar-refractivity contribution >= 4 is 5.91 Å². The van der Waals surface area contributed by atoms with E-state index in [1.54, 1.807) is 0 Å². The van der Waals surface area contributed by atoms with E-state index in [1.807, 2.05) is 0 Å². The first kappa shape index (κ1) is 15.2. The molecular weight excluding hydrogens is 288 g/mol. The Labute approximate surface area is 138 Å². The van der Waals surface area contributed by atoms with Crippen LogP contribution in [-0.2, 0) is 16.1 Å². The van der Waals surface area contributed by atoms with Crippen molar-refractivity contribution in [1.82, 2.24) is 9.80 Å². The molecule has 3 fully saturated rings. The highest BCUT2D eigenvalue weighted by atomic mass is 16.5. The lowest BCUT2D eigenvalue weighted by atomic mass is 9.85. The van der Waals surface area contributed by atoms with Crippen LogP contribution in [0.25, 0.3) is 0 Å². The second-order valence-corrected chi connectivity index (χ2v) is 7.48. The molecule has 1 amide bonds. The number of aryl methyl sites for hydroxylation is 1. The SMILES string of the molecule is Cc1cccc(CN2CC[C@]3(CCN([C@@H]4CCOC4)C3)C2=O)c1. The standard InChI is InChI=1S/C19H26N2O2/c1-15-3-2-4-16(11-15)12-20-8-6-19(18(20)22)7-9-21(14-19)17-5-10-23-13-17/h2-4,11,17H,5-10,12-14H2,1H3/t17-,19-/m1/s1. The van der Waals surface area contributed by atoms with Gasteiger partial charge < -0.3 is 9.64 Å². The van der Waals surface area contributed by atoms with Crippen LogP contribution in [0.5, 0.6) is 0 Å². The minimum atomic E-state index is -0.119. The molecule has 0 saturated carbocycles. The van der Waals surface area contributed by atoms with Gasteiger partial charge in [-0.1, -0.05) is 29.8 Å². The lowest BCUT2D eigenvalue weighted by Crippen LogP contribution is -2.39. The summed E-state index contributed by atoms with van der Waals surface area (Å²) in [6.07, 6.45) is 3.16. The van der Waals surface area contributed by atoms with Gasteiger partial charge >= 0.3 is 0 Å². The number of carbonyl (C=O) groups is 1. The molecule has 4 rings (SSSR count). The predicted octanol–water partition coefficient (Wildman–Crippen LogP) is 2.21. The Kier molecular flexibility index (Phi) is 3.90. The highest BCUT2D eigenvalue weighted by Gasteiger charge is 2.51. The summed E-state index contributed by atoms with van der Waals surface area (Å²) in [5.41, 5.74) is 2.39. The Bertz CT molecular complexity index is 597. The molecule has 0 bridgehead atoms. The molecule has 0 aliphatic carbocycles. The molecule has 0 radical (unpaired) electrons. The van der Waals surface area contributed by atoms with Crippen LogP contribution in [0.1, 0.15) is 30.4 Å². The van der Waals surface area contributed by atoms with Crippen molar-refractivity contribution < 1.29 is 9.53 Å². The van der Waals surface area contributed by atoms with Crippen molar-refractivity contribution in [2.75, 3.05) is 32.8 Å². The number of hydrogen-bond acceptors (Lipinski definition) is 3. The highest BCUT2D eigenvalue weighted by Crippen LogP contribution is 2.42. The monoisotopic (exact) mass is 314 g/mol. The summed E-state index contributed by atoms with van der Waals surface area (Å²) in [5, 5.41) is 0. The average molecular weight is 314 g/mol. The van der Waals surface area contributed by atoms with Gasteiger partial charge in [-0.05, 0) is 38.3 Å². The second kappa shape index (κ2) is 5.91. The number of amides is 1. The number of ether oxygens (including phenoxy) is 1. The molecule has 23 heavy (non-hydrogen) atoms. The number of rotatable bonds is 3. The number of carbonyl (C=O) groups excluding carboxylic acids is 1. The first-order chi connectivity index (χ1) is 11.2. The van der Waals surface area contributed by atoms with Gasteiger partial charge in [0.15, 0.2) is 0 Å². The van der Waals surface area contributed by atoms with Gasteiger partial charge in [-0.3, -0.25) is 9.69 Å². The Morgan fingerprint density at radius 1 is 1.30 bits per heavy atom. The largest absolute Gasteiger partial charge is 0.380 e. The summed E-state index contributed by atoms with van der Waals surface area (Å²) < 4.78 is 5.52. The Hall–Kier alpha value is -1.39. The maximum Gasteiger partial charge on any atom is 0.230 e. The number of nitrogens with zero attached hydrogens (tertiary/aromatic N) is 2. The molecule has 4 heteroatoms. The molecule has 1 spiro atoms. The van der Waals surface area contributed by atoms with Crippen molar-refractivity contribution in [1.29, 1.82) is 0 Å². The Morgan fingerprint density at radius 2 is 2.17 bits per heavy atom. The normalized spacial score (nSPS) is 31.6. The van der Waals surface area contributed by atoms with Crippen LogP contribution in [0, 0.1) is 12.3 Å². The third-order valence-corrected chi connectivity index (χ3v) is 5.86. The van der Waals surface area contributed by atoms with Crippen molar-refractivity contribution in [3.63, 3.8) is 0 Å². The zero-order valence-electron chi connectivity index (χ0n) is 14.0. The van der Waals surface area contributed by atoms with Crippen molar-refractivity contribution in [3.05, 3.63) is 35.4 Å². The minimum absolute atomic E-state index is 0.119. The molecule has 4 nitrogen and oxygen atoms in total. The van der Waals surface area contributed by atoms with Gasteiger partial charge in [-0.2, -0.15) is 0 Å². The second-order valence-electron chi connectivity index (χ2n) is 7.48. The third-order valence-electron chi connectivity index (χ3n) is 5.86. The summed E-state index contributed by atoms with van der Waals surface area (Å²) in [6.45, 7) is 7.48. The molecule has 3 aliphatic rings. The lowest BCUT2D eigenvalue weighted by Gasteiger charge is -2.26. The quantitative estimate of drug-likeness (QED) is 0.857. The van der Waals surface area contributed by atoms with Crippen molar-refractivity contribution in [3.8, 4) is 0 Å². The summed E-state index contributed by atoms with van der Waals surface area (Å²) in [6, 6.07) is 9.04. The van der Waals surface area contributed by atoms with E-state index in [-0.39, 0.29) is 5.41 Å². The van der Waals surface area contributed by atoms with E-state index in [0.717, 1.165) is 58.7 Å². The predicted molar refractivity (Wildman–Crippen MR) is 89.1 cm³/mol. The van der Waals surface area contributed by atoms with E-state index >= 15 is 0 Å². The van der Waals surface area contributed by atoms with Crippen LogP contribution < -0.4 is 0 Å². The van der Waals surface area contributed by atoms with Gasteiger partial charge in [0.05, 0.1) is 12.0 Å². The van der Waals surface area contributed by atoms with Crippen molar-refractivity contribution in [2.45, 2.75) is 38.8 Å². The lowest BCUT2D eigenvalue weighted by molar-refractivity contribution is -0.136. The molecule has 2 atom stereocenters. The zero-order chi connectivity index (χ0) is 15.9. The van der Waals surface area contributed by atoms with Crippen LogP contribution in [-0.4, -0.2) is 54.6 Å². The Morgan fingerprint density at radius 3 is 2.96 bits per heavy atom. The van der Waals surface area contributed by atoms with E-state index in [0.29, 0.717) is 11.9 Å². The molecule has 0 N–H and O–H groups in total. The van der Waals surface area contributed by atoms with E-state index < -0.39 is 0 Å². The zero-order valence-corrected chi connectivity index (χ0v) is 14.0. The van der Waals surface area contributed by atoms with Gasteiger partial charge in [0.1, 0.15) is 0 Å². The van der Waals surface area contributed by atoms with Crippen LogP contribution in [0.3, 0.4) is 0 Å². The van der Waals surface area contributed by atoms with Crippen LogP contribution in [0.4, 0.5) is 0 Å². The molecule has 124 valence electrons. The minimum Gasteiger partial charge on any atom is -0.380 e. The molecule has 3 aliphatic heterocycles.